The summed E-state index contributed by atoms with van der Waals surface area (Å²) in [6, 6.07) is 13.2. The van der Waals surface area contributed by atoms with Gasteiger partial charge in [0, 0.05) is 12.6 Å². The molecule has 0 spiro atoms. The van der Waals surface area contributed by atoms with Gasteiger partial charge in [0.25, 0.3) is 0 Å². The number of benzene rings is 2. The van der Waals surface area contributed by atoms with Crippen molar-refractivity contribution in [3.63, 3.8) is 0 Å². The van der Waals surface area contributed by atoms with Gasteiger partial charge in [0.15, 0.2) is 0 Å². The first kappa shape index (κ1) is 14.6. The third-order valence-electron chi connectivity index (χ3n) is 3.27. The highest BCUT2D eigenvalue weighted by Gasteiger charge is 1.99. The third-order valence-corrected chi connectivity index (χ3v) is 3.27. The van der Waals surface area contributed by atoms with E-state index in [1.54, 1.807) is 7.11 Å². The predicted molar refractivity (Wildman–Crippen MR) is 87.3 cm³/mol. The van der Waals surface area contributed by atoms with Gasteiger partial charge in [0.2, 0.25) is 0 Å². The minimum Gasteiger partial charge on any atom is -0.497 e. The topological polar surface area (TPSA) is 21.3 Å². The van der Waals surface area contributed by atoms with E-state index in [9.17, 15) is 0 Å². The van der Waals surface area contributed by atoms with Gasteiger partial charge in [-0.05, 0) is 41.5 Å². The Morgan fingerprint density at radius 1 is 1.15 bits per heavy atom. The average Bonchev–Trinajstić information content (AvgIpc) is 2.44. The smallest absolute Gasteiger partial charge is 0.119 e. The number of rotatable bonds is 5. The Hall–Kier alpha value is -1.80. The van der Waals surface area contributed by atoms with Crippen LogP contribution in [0.3, 0.4) is 0 Å². The van der Waals surface area contributed by atoms with Crippen LogP contribution < -0.4 is 10.1 Å². The predicted octanol–water partition coefficient (Wildman–Crippen LogP) is 4.25. The molecule has 0 saturated carbocycles. The Morgan fingerprint density at radius 2 is 1.85 bits per heavy atom. The van der Waals surface area contributed by atoms with Gasteiger partial charge >= 0.3 is 0 Å². The maximum atomic E-state index is 5.25. The molecule has 20 heavy (non-hydrogen) atoms. The zero-order valence-corrected chi connectivity index (χ0v) is 12.7. The molecule has 0 amide bonds. The highest BCUT2D eigenvalue weighted by Crippen LogP contribution is 2.22. The summed E-state index contributed by atoms with van der Waals surface area (Å²) in [6.45, 7) is 7.42. The van der Waals surface area contributed by atoms with E-state index in [1.807, 2.05) is 6.07 Å². The Bertz CT molecular complexity index is 614. The van der Waals surface area contributed by atoms with Crippen molar-refractivity contribution in [1.82, 2.24) is 5.32 Å². The van der Waals surface area contributed by atoms with Gasteiger partial charge in [0.05, 0.1) is 7.11 Å². The van der Waals surface area contributed by atoms with Crippen LogP contribution in [0.15, 0.2) is 42.0 Å². The van der Waals surface area contributed by atoms with Crippen molar-refractivity contribution in [1.29, 1.82) is 0 Å². The molecule has 0 fully saturated rings. The second kappa shape index (κ2) is 6.58. The van der Waals surface area contributed by atoms with Gasteiger partial charge in [0.1, 0.15) is 5.75 Å². The molecule has 0 radical (unpaired) electrons. The lowest BCUT2D eigenvalue weighted by atomic mass is 10.0. The summed E-state index contributed by atoms with van der Waals surface area (Å²) in [5, 5.41) is 5.88. The number of hydrogen-bond donors (Lipinski definition) is 1. The quantitative estimate of drug-likeness (QED) is 0.876. The zero-order valence-electron chi connectivity index (χ0n) is 12.7. The van der Waals surface area contributed by atoms with Gasteiger partial charge in [-0.2, -0.15) is 0 Å². The van der Waals surface area contributed by atoms with E-state index >= 15 is 0 Å². The molecule has 0 aliphatic rings. The zero-order chi connectivity index (χ0) is 14.5. The lowest BCUT2D eigenvalue weighted by Crippen LogP contribution is -2.24. The molecule has 2 aromatic carbocycles. The molecule has 0 bridgehead atoms. The Kier molecular flexibility index (Phi) is 4.80. The Balaban J connectivity index is 2.21. The van der Waals surface area contributed by atoms with Crippen molar-refractivity contribution in [2.24, 2.45) is 0 Å². The highest BCUT2D eigenvalue weighted by atomic mass is 16.5. The minimum absolute atomic E-state index is 0.516. The summed E-state index contributed by atoms with van der Waals surface area (Å²) < 4.78 is 5.25. The van der Waals surface area contributed by atoms with Gasteiger partial charge in [-0.15, -0.1) is 0 Å². The number of hydrogen-bond acceptors (Lipinski definition) is 2. The van der Waals surface area contributed by atoms with Gasteiger partial charge < -0.3 is 10.1 Å². The second-order valence-corrected chi connectivity index (χ2v) is 5.50. The molecule has 0 aliphatic carbocycles. The van der Waals surface area contributed by atoms with Crippen LogP contribution >= 0.6 is 0 Å². The average molecular weight is 269 g/mol. The summed E-state index contributed by atoms with van der Waals surface area (Å²) in [7, 11) is 1.70. The van der Waals surface area contributed by atoms with Gasteiger partial charge in [-0.1, -0.05) is 43.7 Å². The van der Waals surface area contributed by atoms with E-state index in [4.69, 9.17) is 4.74 Å². The summed E-state index contributed by atoms with van der Waals surface area (Å²) in [5.74, 6) is 0.901. The first-order valence-corrected chi connectivity index (χ1v) is 7.07. The molecule has 0 aromatic heterocycles. The number of nitrogens with one attached hydrogen (secondary N) is 1. The summed E-state index contributed by atoms with van der Waals surface area (Å²) in [6.07, 6.45) is 2.24. The van der Waals surface area contributed by atoms with E-state index < -0.39 is 0 Å². The van der Waals surface area contributed by atoms with Crippen LogP contribution in [-0.2, 0) is 0 Å². The molecule has 106 valence electrons. The molecular formula is C18H23NO. The Labute approximate surface area is 121 Å². The van der Waals surface area contributed by atoms with E-state index in [0.29, 0.717) is 6.04 Å². The monoisotopic (exact) mass is 269 g/mol. The molecule has 0 aliphatic heterocycles. The first-order chi connectivity index (χ1) is 9.58. The fraction of sp³-hybridized carbons (Fsp3) is 0.333. The van der Waals surface area contributed by atoms with Crippen LogP contribution in [0.5, 0.6) is 5.75 Å². The van der Waals surface area contributed by atoms with Crippen LogP contribution in [0.4, 0.5) is 0 Å². The lowest BCUT2D eigenvalue weighted by Gasteiger charge is -2.08. The van der Waals surface area contributed by atoms with Crippen molar-refractivity contribution < 1.29 is 4.74 Å². The summed E-state index contributed by atoms with van der Waals surface area (Å²) in [5.41, 5.74) is 2.58. The van der Waals surface area contributed by atoms with Crippen LogP contribution in [-0.4, -0.2) is 19.7 Å². The molecule has 2 nitrogen and oxygen atoms in total. The molecule has 0 unspecified atom stereocenters. The van der Waals surface area contributed by atoms with E-state index in [1.165, 1.54) is 21.9 Å². The fourth-order valence-corrected chi connectivity index (χ4v) is 2.16. The van der Waals surface area contributed by atoms with Crippen molar-refractivity contribution >= 4 is 16.8 Å². The number of ether oxygens (including phenoxy) is 1. The maximum absolute atomic E-state index is 5.25. The van der Waals surface area contributed by atoms with Gasteiger partial charge in [-0.3, -0.25) is 0 Å². The third kappa shape index (κ3) is 3.84. The van der Waals surface area contributed by atoms with Gasteiger partial charge in [-0.25, -0.2) is 0 Å². The minimum atomic E-state index is 0.516. The van der Waals surface area contributed by atoms with Crippen LogP contribution in [0, 0.1) is 0 Å². The molecule has 2 aromatic rings. The molecule has 2 rings (SSSR count). The van der Waals surface area contributed by atoms with Crippen LogP contribution in [0.2, 0.25) is 0 Å². The molecule has 0 saturated heterocycles. The molecule has 2 heteroatoms. The largest absolute Gasteiger partial charge is 0.497 e. The number of fused-ring (bicyclic) bond motifs is 1. The normalized spacial score (nSPS) is 12.2. The summed E-state index contributed by atoms with van der Waals surface area (Å²) >= 11 is 0. The summed E-state index contributed by atoms with van der Waals surface area (Å²) in [4.78, 5) is 0. The van der Waals surface area contributed by atoms with Crippen molar-refractivity contribution in [2.75, 3.05) is 13.7 Å². The van der Waals surface area contributed by atoms with Crippen molar-refractivity contribution in [2.45, 2.75) is 26.8 Å². The van der Waals surface area contributed by atoms with E-state index in [0.717, 1.165) is 12.3 Å². The van der Waals surface area contributed by atoms with Crippen molar-refractivity contribution in [3.8, 4) is 5.75 Å². The molecular weight excluding hydrogens is 246 g/mol. The van der Waals surface area contributed by atoms with Crippen molar-refractivity contribution in [3.05, 3.63) is 47.5 Å². The fourth-order valence-electron chi connectivity index (χ4n) is 2.16. The molecule has 1 N–H and O–H groups in total. The highest BCUT2D eigenvalue weighted by molar-refractivity contribution is 5.86. The van der Waals surface area contributed by atoms with E-state index in [-0.39, 0.29) is 0 Å². The Morgan fingerprint density at radius 3 is 2.55 bits per heavy atom. The SMILES string of the molecule is COc1ccc2cc(C=C(C)CNC(C)C)ccc2c1. The first-order valence-electron chi connectivity index (χ1n) is 7.07. The molecule has 0 atom stereocenters. The van der Waals surface area contributed by atoms with Crippen LogP contribution in [0.1, 0.15) is 26.3 Å². The lowest BCUT2D eigenvalue weighted by molar-refractivity contribution is 0.415. The number of methoxy groups -OCH3 is 1. The maximum Gasteiger partial charge on any atom is 0.119 e. The standard InChI is InChI=1S/C18H23NO/c1-13(2)19-12-14(3)9-15-5-6-17-11-18(20-4)8-7-16(17)10-15/h5-11,13,19H,12H2,1-4H3. The van der Waals surface area contributed by atoms with Crippen LogP contribution in [0.25, 0.3) is 16.8 Å². The van der Waals surface area contributed by atoms with E-state index in [2.05, 4.69) is 62.5 Å². The second-order valence-electron chi connectivity index (χ2n) is 5.50. The molecule has 0 heterocycles.